The highest BCUT2D eigenvalue weighted by molar-refractivity contribution is 7.89. The van der Waals surface area contributed by atoms with Crippen molar-refractivity contribution in [3.05, 3.63) is 74.9 Å². The monoisotopic (exact) mass is 444 g/mol. The summed E-state index contributed by atoms with van der Waals surface area (Å²) >= 11 is 0. The predicted molar refractivity (Wildman–Crippen MR) is 117 cm³/mol. The molecule has 3 aromatic rings. The van der Waals surface area contributed by atoms with Crippen LogP contribution in [0.4, 0.5) is 0 Å². The first-order chi connectivity index (χ1) is 14.5. The Kier molecular flexibility index (Phi) is 6.14. The Balaban J connectivity index is 1.80. The highest BCUT2D eigenvalue weighted by atomic mass is 32.2. The second kappa shape index (κ2) is 8.48. The average Bonchev–Trinajstić information content (AvgIpc) is 2.68. The summed E-state index contributed by atoms with van der Waals surface area (Å²) < 4.78 is 28.8. The number of nitrogens with zero attached hydrogens (tertiary/aromatic N) is 1. The summed E-state index contributed by atoms with van der Waals surface area (Å²) in [6.45, 7) is 4.61. The molecule has 0 radical (unpaired) electrons. The molecule has 31 heavy (non-hydrogen) atoms. The standard InChI is InChI=1S/C21H24N4O5S/c1-21(2,3)24-31(29,30)17-11-7-4-8-14(17)12-22-18(26)13-25-19(27)15-9-5-6-10-16(15)23-20(25)28/h4-11,24H,12-13H2,1-3H3,(H,22,26)(H,23,28). The number of carbonyl (C=O) groups is 1. The van der Waals surface area contributed by atoms with E-state index in [0.717, 1.165) is 4.57 Å². The van der Waals surface area contributed by atoms with Gasteiger partial charge < -0.3 is 10.3 Å². The number of aromatic amines is 1. The van der Waals surface area contributed by atoms with E-state index < -0.39 is 39.3 Å². The number of H-pyrrole nitrogens is 1. The van der Waals surface area contributed by atoms with Crippen LogP contribution in [0.2, 0.25) is 0 Å². The van der Waals surface area contributed by atoms with Crippen LogP contribution in [0.5, 0.6) is 0 Å². The summed E-state index contributed by atoms with van der Waals surface area (Å²) in [6.07, 6.45) is 0. The molecule has 3 N–H and O–H groups in total. The lowest BCUT2D eigenvalue weighted by Gasteiger charge is -2.21. The van der Waals surface area contributed by atoms with Gasteiger partial charge in [-0.15, -0.1) is 0 Å². The Bertz CT molecular complexity index is 1350. The van der Waals surface area contributed by atoms with Crippen molar-refractivity contribution < 1.29 is 13.2 Å². The SMILES string of the molecule is CC(C)(C)NS(=O)(=O)c1ccccc1CNC(=O)Cn1c(=O)[nH]c2ccccc2c1=O. The fourth-order valence-electron chi connectivity index (χ4n) is 3.11. The lowest BCUT2D eigenvalue weighted by Crippen LogP contribution is -2.41. The first-order valence-corrected chi connectivity index (χ1v) is 11.1. The number of fused-ring (bicyclic) bond motifs is 1. The molecule has 9 nitrogen and oxygen atoms in total. The number of sulfonamides is 1. The molecule has 0 unspecified atom stereocenters. The van der Waals surface area contributed by atoms with Crippen molar-refractivity contribution in [2.24, 2.45) is 0 Å². The van der Waals surface area contributed by atoms with Gasteiger partial charge in [0.15, 0.2) is 0 Å². The number of hydrogen-bond acceptors (Lipinski definition) is 5. The maximum Gasteiger partial charge on any atom is 0.329 e. The van der Waals surface area contributed by atoms with Gasteiger partial charge in [0.25, 0.3) is 5.56 Å². The van der Waals surface area contributed by atoms with Crippen LogP contribution in [0.25, 0.3) is 10.9 Å². The minimum Gasteiger partial charge on any atom is -0.350 e. The highest BCUT2D eigenvalue weighted by Crippen LogP contribution is 2.17. The Hall–Kier alpha value is -3.24. The van der Waals surface area contributed by atoms with Crippen LogP contribution >= 0.6 is 0 Å². The van der Waals surface area contributed by atoms with Crippen molar-refractivity contribution in [3.63, 3.8) is 0 Å². The largest absolute Gasteiger partial charge is 0.350 e. The molecular weight excluding hydrogens is 420 g/mol. The van der Waals surface area contributed by atoms with Gasteiger partial charge >= 0.3 is 5.69 Å². The van der Waals surface area contributed by atoms with E-state index in [-0.39, 0.29) is 11.4 Å². The molecule has 2 aromatic carbocycles. The van der Waals surface area contributed by atoms with Gasteiger partial charge in [0.05, 0.1) is 15.8 Å². The summed E-state index contributed by atoms with van der Waals surface area (Å²) in [5.74, 6) is -0.598. The zero-order valence-corrected chi connectivity index (χ0v) is 18.2. The van der Waals surface area contributed by atoms with Crippen LogP contribution in [-0.2, 0) is 27.9 Å². The minimum atomic E-state index is -3.80. The first kappa shape index (κ1) is 22.4. The number of aromatic nitrogens is 2. The molecule has 164 valence electrons. The number of para-hydroxylation sites is 1. The quantitative estimate of drug-likeness (QED) is 0.524. The molecule has 3 rings (SSSR count). The Morgan fingerprint density at radius 1 is 1.03 bits per heavy atom. The fraction of sp³-hybridized carbons (Fsp3) is 0.286. The maximum atomic E-state index is 12.7. The lowest BCUT2D eigenvalue weighted by molar-refractivity contribution is -0.121. The zero-order chi connectivity index (χ0) is 22.8. The van der Waals surface area contributed by atoms with E-state index in [4.69, 9.17) is 0 Å². The van der Waals surface area contributed by atoms with Crippen molar-refractivity contribution in [2.45, 2.75) is 44.3 Å². The van der Waals surface area contributed by atoms with E-state index in [9.17, 15) is 22.8 Å². The third-order valence-corrected chi connectivity index (χ3v) is 6.23. The van der Waals surface area contributed by atoms with Crippen molar-refractivity contribution in [2.75, 3.05) is 0 Å². The van der Waals surface area contributed by atoms with Crippen molar-refractivity contribution in [1.82, 2.24) is 19.6 Å². The predicted octanol–water partition coefficient (Wildman–Crippen LogP) is 1.08. The molecule has 0 bridgehead atoms. The molecule has 1 heterocycles. The normalized spacial score (nSPS) is 12.1. The van der Waals surface area contributed by atoms with Crippen LogP contribution in [0.3, 0.4) is 0 Å². The number of amides is 1. The Labute approximate surface area is 179 Å². The second-order valence-corrected chi connectivity index (χ2v) is 9.76. The number of benzene rings is 2. The van der Waals surface area contributed by atoms with Crippen LogP contribution < -0.4 is 21.3 Å². The second-order valence-electron chi connectivity index (χ2n) is 8.11. The van der Waals surface area contributed by atoms with Gasteiger partial charge in [-0.3, -0.25) is 14.2 Å². The van der Waals surface area contributed by atoms with E-state index in [1.54, 1.807) is 63.2 Å². The van der Waals surface area contributed by atoms with Gasteiger partial charge in [-0.2, -0.15) is 0 Å². The molecule has 0 saturated heterocycles. The molecule has 1 aromatic heterocycles. The van der Waals surface area contributed by atoms with Gasteiger partial charge in [0.1, 0.15) is 6.54 Å². The minimum absolute atomic E-state index is 0.0472. The molecule has 0 fully saturated rings. The number of carbonyl (C=O) groups excluding carboxylic acids is 1. The third-order valence-electron chi connectivity index (χ3n) is 4.37. The molecule has 0 aliphatic carbocycles. The van der Waals surface area contributed by atoms with E-state index in [2.05, 4.69) is 15.0 Å². The van der Waals surface area contributed by atoms with Crippen molar-refractivity contribution in [3.8, 4) is 0 Å². The van der Waals surface area contributed by atoms with E-state index in [0.29, 0.717) is 16.5 Å². The maximum absolute atomic E-state index is 12.7. The molecule has 0 aliphatic heterocycles. The molecule has 0 saturated carbocycles. The zero-order valence-electron chi connectivity index (χ0n) is 17.4. The summed E-state index contributed by atoms with van der Waals surface area (Å²) in [5.41, 5.74) is -1.18. The van der Waals surface area contributed by atoms with Gasteiger partial charge in [0.2, 0.25) is 15.9 Å². The molecular formula is C21H24N4O5S. The van der Waals surface area contributed by atoms with Gasteiger partial charge in [0, 0.05) is 12.1 Å². The molecule has 0 aliphatic rings. The Morgan fingerprint density at radius 3 is 2.39 bits per heavy atom. The molecule has 0 spiro atoms. The average molecular weight is 445 g/mol. The highest BCUT2D eigenvalue weighted by Gasteiger charge is 2.24. The summed E-state index contributed by atoms with van der Waals surface area (Å²) in [4.78, 5) is 39.8. The van der Waals surface area contributed by atoms with Gasteiger partial charge in [-0.1, -0.05) is 30.3 Å². The van der Waals surface area contributed by atoms with Crippen LogP contribution in [0.1, 0.15) is 26.3 Å². The van der Waals surface area contributed by atoms with E-state index in [1.165, 1.54) is 6.07 Å². The van der Waals surface area contributed by atoms with E-state index in [1.807, 2.05) is 0 Å². The number of rotatable bonds is 6. The summed E-state index contributed by atoms with van der Waals surface area (Å²) in [6, 6.07) is 12.8. The van der Waals surface area contributed by atoms with Crippen molar-refractivity contribution in [1.29, 1.82) is 0 Å². The number of hydrogen-bond donors (Lipinski definition) is 3. The molecule has 10 heteroatoms. The van der Waals surface area contributed by atoms with Crippen molar-refractivity contribution >= 4 is 26.8 Å². The Morgan fingerprint density at radius 2 is 1.68 bits per heavy atom. The number of nitrogens with one attached hydrogen (secondary N) is 3. The topological polar surface area (TPSA) is 130 Å². The van der Waals surface area contributed by atoms with E-state index >= 15 is 0 Å². The summed E-state index contributed by atoms with van der Waals surface area (Å²) in [5, 5.41) is 2.87. The van der Waals surface area contributed by atoms with Gasteiger partial charge in [-0.05, 0) is 44.5 Å². The smallest absolute Gasteiger partial charge is 0.329 e. The molecule has 0 atom stereocenters. The first-order valence-electron chi connectivity index (χ1n) is 9.58. The lowest BCUT2D eigenvalue weighted by atomic mass is 10.1. The third kappa shape index (κ3) is 5.28. The molecule has 1 amide bonds. The van der Waals surface area contributed by atoms with Crippen LogP contribution in [-0.4, -0.2) is 29.4 Å². The van der Waals surface area contributed by atoms with Gasteiger partial charge in [-0.25, -0.2) is 17.9 Å². The van der Waals surface area contributed by atoms with Crippen LogP contribution in [0.15, 0.2) is 63.0 Å². The summed E-state index contributed by atoms with van der Waals surface area (Å²) in [7, 11) is -3.80. The fourth-order valence-corrected chi connectivity index (χ4v) is 4.77. The van der Waals surface area contributed by atoms with Crippen LogP contribution in [0, 0.1) is 0 Å².